The zero-order valence-corrected chi connectivity index (χ0v) is 11.3. The van der Waals surface area contributed by atoms with Crippen LogP contribution in [0.25, 0.3) is 0 Å². The second-order valence-electron chi connectivity index (χ2n) is 3.94. The fraction of sp³-hybridized carbons (Fsp3) is 0.462. The first-order valence-corrected chi connectivity index (χ1v) is 6.91. The van der Waals surface area contributed by atoms with E-state index >= 15 is 0 Å². The van der Waals surface area contributed by atoms with Crippen LogP contribution in [-0.2, 0) is 0 Å². The molecule has 3 nitrogen and oxygen atoms in total. The van der Waals surface area contributed by atoms with Crippen LogP contribution in [0.5, 0.6) is 0 Å². The van der Waals surface area contributed by atoms with E-state index < -0.39 is 0 Å². The zero-order valence-electron chi connectivity index (χ0n) is 10.5. The van der Waals surface area contributed by atoms with Gasteiger partial charge >= 0.3 is 0 Å². The van der Waals surface area contributed by atoms with Crippen LogP contribution in [0, 0.1) is 6.92 Å². The number of carbonyl (C=O) groups is 1. The van der Waals surface area contributed by atoms with E-state index in [0.29, 0.717) is 5.56 Å². The number of aliphatic hydroxyl groups is 1. The van der Waals surface area contributed by atoms with E-state index in [1.807, 2.05) is 38.3 Å². The quantitative estimate of drug-likeness (QED) is 0.791. The van der Waals surface area contributed by atoms with Gasteiger partial charge in [-0.1, -0.05) is 13.0 Å². The molecule has 0 aliphatic carbocycles. The van der Waals surface area contributed by atoms with Crippen molar-refractivity contribution in [1.29, 1.82) is 0 Å². The average molecular weight is 253 g/mol. The number of benzene rings is 1. The third kappa shape index (κ3) is 3.75. The number of hydrogen-bond acceptors (Lipinski definition) is 3. The molecule has 1 aromatic rings. The zero-order chi connectivity index (χ0) is 12.8. The SMILES string of the molecule is CC[C@@H](CO)NC(=O)c1cc(SC)ccc1C. The summed E-state index contributed by atoms with van der Waals surface area (Å²) in [6.07, 6.45) is 2.71. The molecule has 0 bridgehead atoms. The molecule has 0 aliphatic rings. The number of rotatable bonds is 5. The predicted molar refractivity (Wildman–Crippen MR) is 71.6 cm³/mol. The summed E-state index contributed by atoms with van der Waals surface area (Å²) in [5.41, 5.74) is 1.64. The molecule has 0 saturated carbocycles. The van der Waals surface area contributed by atoms with Crippen LogP contribution in [0.3, 0.4) is 0 Å². The summed E-state index contributed by atoms with van der Waals surface area (Å²) in [7, 11) is 0. The minimum Gasteiger partial charge on any atom is -0.394 e. The smallest absolute Gasteiger partial charge is 0.251 e. The summed E-state index contributed by atoms with van der Waals surface area (Å²) >= 11 is 1.61. The maximum absolute atomic E-state index is 12.0. The summed E-state index contributed by atoms with van der Waals surface area (Å²) < 4.78 is 0. The lowest BCUT2D eigenvalue weighted by Crippen LogP contribution is -2.37. The van der Waals surface area contributed by atoms with Crippen LogP contribution in [0.2, 0.25) is 0 Å². The monoisotopic (exact) mass is 253 g/mol. The molecule has 0 spiro atoms. The van der Waals surface area contributed by atoms with Crippen LogP contribution in [-0.4, -0.2) is 29.9 Å². The molecule has 1 rings (SSSR count). The maximum atomic E-state index is 12.0. The van der Waals surface area contributed by atoms with Gasteiger partial charge in [0.1, 0.15) is 0 Å². The molecule has 0 unspecified atom stereocenters. The first kappa shape index (κ1) is 14.1. The molecule has 0 radical (unpaired) electrons. The normalized spacial score (nSPS) is 12.2. The van der Waals surface area contributed by atoms with Gasteiger partial charge in [0, 0.05) is 10.5 Å². The van der Waals surface area contributed by atoms with Crippen molar-refractivity contribution in [1.82, 2.24) is 5.32 Å². The molecule has 0 aliphatic heterocycles. The van der Waals surface area contributed by atoms with Gasteiger partial charge in [0.25, 0.3) is 5.91 Å². The highest BCUT2D eigenvalue weighted by atomic mass is 32.2. The summed E-state index contributed by atoms with van der Waals surface area (Å²) in [6.45, 7) is 3.83. The molecule has 1 amide bonds. The Morgan fingerprint density at radius 1 is 1.53 bits per heavy atom. The third-order valence-corrected chi connectivity index (χ3v) is 3.46. The van der Waals surface area contributed by atoms with Gasteiger partial charge in [-0.2, -0.15) is 0 Å². The number of hydrogen-bond donors (Lipinski definition) is 2. The van der Waals surface area contributed by atoms with Gasteiger partial charge in [-0.05, 0) is 37.3 Å². The van der Waals surface area contributed by atoms with Crippen molar-refractivity contribution in [2.45, 2.75) is 31.2 Å². The van der Waals surface area contributed by atoms with Crippen molar-refractivity contribution < 1.29 is 9.90 Å². The molecule has 0 saturated heterocycles. The number of aryl methyl sites for hydroxylation is 1. The van der Waals surface area contributed by atoms with Crippen molar-refractivity contribution in [2.75, 3.05) is 12.9 Å². The van der Waals surface area contributed by atoms with Crippen molar-refractivity contribution in [3.63, 3.8) is 0 Å². The van der Waals surface area contributed by atoms with E-state index in [0.717, 1.165) is 16.9 Å². The molecule has 0 heterocycles. The van der Waals surface area contributed by atoms with E-state index in [2.05, 4.69) is 5.32 Å². The van der Waals surface area contributed by atoms with Crippen molar-refractivity contribution >= 4 is 17.7 Å². The summed E-state index contributed by atoms with van der Waals surface area (Å²) in [5, 5.41) is 11.9. The summed E-state index contributed by atoms with van der Waals surface area (Å²) in [5.74, 6) is -0.112. The van der Waals surface area contributed by atoms with Crippen molar-refractivity contribution in [2.24, 2.45) is 0 Å². The molecular formula is C13H19NO2S. The van der Waals surface area contributed by atoms with Gasteiger partial charge < -0.3 is 10.4 Å². The fourth-order valence-corrected chi connectivity index (χ4v) is 1.95. The molecule has 0 fully saturated rings. The number of aliphatic hydroxyl groups excluding tert-OH is 1. The minimum atomic E-state index is -0.167. The number of thioether (sulfide) groups is 1. The van der Waals surface area contributed by atoms with E-state index in [1.54, 1.807) is 11.8 Å². The van der Waals surface area contributed by atoms with E-state index in [1.165, 1.54) is 0 Å². The van der Waals surface area contributed by atoms with Gasteiger partial charge in [-0.3, -0.25) is 4.79 Å². The molecule has 2 N–H and O–H groups in total. The van der Waals surface area contributed by atoms with E-state index in [4.69, 9.17) is 5.11 Å². The van der Waals surface area contributed by atoms with Crippen molar-refractivity contribution in [3.8, 4) is 0 Å². The summed E-state index contributed by atoms with van der Waals surface area (Å²) in [6, 6.07) is 5.67. The highest BCUT2D eigenvalue weighted by Crippen LogP contribution is 2.19. The topological polar surface area (TPSA) is 49.3 Å². The lowest BCUT2D eigenvalue weighted by Gasteiger charge is -2.15. The minimum absolute atomic E-state index is 0.0243. The second-order valence-corrected chi connectivity index (χ2v) is 4.82. The Hall–Kier alpha value is -1.00. The Labute approximate surface area is 107 Å². The van der Waals surface area contributed by atoms with Gasteiger partial charge in [0.15, 0.2) is 0 Å². The lowest BCUT2D eigenvalue weighted by atomic mass is 10.1. The Bertz CT molecular complexity index is 389. The van der Waals surface area contributed by atoms with Gasteiger partial charge in [-0.15, -0.1) is 11.8 Å². The molecular weight excluding hydrogens is 234 g/mol. The molecule has 17 heavy (non-hydrogen) atoms. The molecule has 1 aromatic carbocycles. The first-order valence-electron chi connectivity index (χ1n) is 5.68. The molecule has 1 atom stereocenters. The molecule has 0 aromatic heterocycles. The highest BCUT2D eigenvalue weighted by Gasteiger charge is 2.13. The van der Waals surface area contributed by atoms with E-state index in [-0.39, 0.29) is 18.6 Å². The Morgan fingerprint density at radius 2 is 2.24 bits per heavy atom. The second kappa shape index (κ2) is 6.67. The van der Waals surface area contributed by atoms with Crippen LogP contribution >= 0.6 is 11.8 Å². The Kier molecular flexibility index (Phi) is 5.51. The third-order valence-electron chi connectivity index (χ3n) is 2.74. The summed E-state index contributed by atoms with van der Waals surface area (Å²) in [4.78, 5) is 13.1. The largest absolute Gasteiger partial charge is 0.394 e. The number of amides is 1. The maximum Gasteiger partial charge on any atom is 0.251 e. The van der Waals surface area contributed by atoms with Crippen LogP contribution in [0.4, 0.5) is 0 Å². The number of nitrogens with one attached hydrogen (secondary N) is 1. The van der Waals surface area contributed by atoms with Crippen molar-refractivity contribution in [3.05, 3.63) is 29.3 Å². The Balaban J connectivity index is 2.87. The highest BCUT2D eigenvalue weighted by molar-refractivity contribution is 7.98. The van der Waals surface area contributed by atoms with Gasteiger partial charge in [-0.25, -0.2) is 0 Å². The first-order chi connectivity index (χ1) is 8.12. The lowest BCUT2D eigenvalue weighted by molar-refractivity contribution is 0.0914. The predicted octanol–water partition coefficient (Wildman–Crippen LogP) is 2.22. The van der Waals surface area contributed by atoms with E-state index in [9.17, 15) is 4.79 Å². The van der Waals surface area contributed by atoms with Crippen LogP contribution in [0.15, 0.2) is 23.1 Å². The standard InChI is InChI=1S/C13H19NO2S/c1-4-10(8-15)14-13(16)12-7-11(17-3)6-5-9(12)2/h5-7,10,15H,4,8H2,1-3H3,(H,14,16)/t10-/m0/s1. The van der Waals surface area contributed by atoms with Crippen LogP contribution in [0.1, 0.15) is 29.3 Å². The van der Waals surface area contributed by atoms with Gasteiger partial charge in [0.2, 0.25) is 0 Å². The molecule has 4 heteroatoms. The number of carbonyl (C=O) groups excluding carboxylic acids is 1. The van der Waals surface area contributed by atoms with Gasteiger partial charge in [0.05, 0.1) is 12.6 Å². The fourth-order valence-electron chi connectivity index (χ4n) is 1.51. The molecule has 94 valence electrons. The van der Waals surface area contributed by atoms with Crippen LogP contribution < -0.4 is 5.32 Å². The average Bonchev–Trinajstić information content (AvgIpc) is 2.36. The Morgan fingerprint density at radius 3 is 2.76 bits per heavy atom.